The fourth-order valence-electron chi connectivity index (χ4n) is 1.99. The molecule has 1 saturated carbocycles. The van der Waals surface area contributed by atoms with Crippen LogP contribution in [0.25, 0.3) is 0 Å². The van der Waals surface area contributed by atoms with Crippen molar-refractivity contribution >= 4 is 0 Å². The van der Waals surface area contributed by atoms with Crippen LogP contribution in [0, 0.1) is 0 Å². The second-order valence-corrected chi connectivity index (χ2v) is 4.88. The third kappa shape index (κ3) is 2.42. The van der Waals surface area contributed by atoms with Crippen LogP contribution in [0.4, 0.5) is 0 Å². The molecular weight excluding hydrogens is 260 g/mol. The first kappa shape index (κ1) is 11.6. The van der Waals surface area contributed by atoms with Crippen LogP contribution >= 0.6 is 0 Å². The van der Waals surface area contributed by atoms with Gasteiger partial charge >= 0.3 is 6.08 Å². The van der Waals surface area contributed by atoms with E-state index in [0.29, 0.717) is 24.1 Å². The number of nitrogens with one attached hydrogen (secondary N) is 1. The van der Waals surface area contributed by atoms with Gasteiger partial charge in [0.1, 0.15) is 12.0 Å². The maximum absolute atomic E-state index is 5.57. The molecule has 1 N–H and O–H groups in total. The maximum Gasteiger partial charge on any atom is 0.399 e. The lowest BCUT2D eigenvalue weighted by Gasteiger charge is -2.01. The summed E-state index contributed by atoms with van der Waals surface area (Å²) in [4.78, 5) is 4.28. The van der Waals surface area contributed by atoms with Crippen LogP contribution in [0.15, 0.2) is 28.9 Å². The summed E-state index contributed by atoms with van der Waals surface area (Å²) in [5, 5.41) is 3.37. The van der Waals surface area contributed by atoms with Crippen molar-refractivity contribution in [1.29, 1.82) is 0 Å². The van der Waals surface area contributed by atoms with Crippen LogP contribution in [0.5, 0.6) is 23.3 Å². The van der Waals surface area contributed by atoms with E-state index in [1.807, 2.05) is 0 Å². The van der Waals surface area contributed by atoms with Crippen molar-refractivity contribution in [1.82, 2.24) is 10.3 Å². The van der Waals surface area contributed by atoms with Gasteiger partial charge in [0.05, 0.1) is 5.69 Å². The quantitative estimate of drug-likeness (QED) is 0.903. The predicted molar refractivity (Wildman–Crippen MR) is 69.0 cm³/mol. The minimum atomic E-state index is 0.233. The Morgan fingerprint density at radius 1 is 1.25 bits per heavy atom. The number of aromatic nitrogens is 1. The third-order valence-corrected chi connectivity index (χ3v) is 3.23. The summed E-state index contributed by atoms with van der Waals surface area (Å²) in [6, 6.07) is 6.00. The second kappa shape index (κ2) is 4.72. The first-order chi connectivity index (χ1) is 9.87. The molecule has 0 radical (unpaired) electrons. The van der Waals surface area contributed by atoms with Gasteiger partial charge in [-0.1, -0.05) is 0 Å². The SMILES string of the molecule is c1cc2c(cc1Oc1nc(CNC3CC3)co1)OCO2. The highest BCUT2D eigenvalue weighted by Gasteiger charge is 2.21. The van der Waals surface area contributed by atoms with Crippen LogP contribution in [-0.2, 0) is 6.54 Å². The number of ether oxygens (including phenoxy) is 3. The fourth-order valence-corrected chi connectivity index (χ4v) is 1.99. The van der Waals surface area contributed by atoms with Crippen molar-refractivity contribution in [2.75, 3.05) is 6.79 Å². The van der Waals surface area contributed by atoms with Crippen LogP contribution in [0.3, 0.4) is 0 Å². The highest BCUT2D eigenvalue weighted by atomic mass is 16.7. The average molecular weight is 274 g/mol. The number of nitrogens with zero attached hydrogens (tertiary/aromatic N) is 1. The maximum atomic E-state index is 5.57. The van der Waals surface area contributed by atoms with Crippen molar-refractivity contribution in [3.63, 3.8) is 0 Å². The summed E-state index contributed by atoms with van der Waals surface area (Å²) in [5.41, 5.74) is 0.840. The summed E-state index contributed by atoms with van der Waals surface area (Å²) in [5.74, 6) is 2.00. The first-order valence-corrected chi connectivity index (χ1v) is 6.62. The van der Waals surface area contributed by atoms with Crippen molar-refractivity contribution in [2.24, 2.45) is 0 Å². The van der Waals surface area contributed by atoms with E-state index in [9.17, 15) is 0 Å². The van der Waals surface area contributed by atoms with Gasteiger partial charge in [0.15, 0.2) is 11.5 Å². The van der Waals surface area contributed by atoms with Crippen molar-refractivity contribution in [2.45, 2.75) is 25.4 Å². The molecule has 104 valence electrons. The predicted octanol–water partition coefficient (Wildman–Crippen LogP) is 2.45. The van der Waals surface area contributed by atoms with E-state index in [-0.39, 0.29) is 12.9 Å². The third-order valence-electron chi connectivity index (χ3n) is 3.23. The Kier molecular flexibility index (Phi) is 2.74. The summed E-state index contributed by atoms with van der Waals surface area (Å²) < 4.78 is 21.4. The number of rotatable bonds is 5. The molecule has 20 heavy (non-hydrogen) atoms. The Balaban J connectivity index is 1.42. The highest BCUT2D eigenvalue weighted by molar-refractivity contribution is 5.47. The molecule has 4 rings (SSSR count). The topological polar surface area (TPSA) is 65.8 Å². The van der Waals surface area contributed by atoms with Gasteiger partial charge in [-0.2, -0.15) is 4.98 Å². The van der Waals surface area contributed by atoms with Gasteiger partial charge in [0.2, 0.25) is 6.79 Å². The van der Waals surface area contributed by atoms with Gasteiger partial charge in [-0.15, -0.1) is 0 Å². The summed E-state index contributed by atoms with van der Waals surface area (Å²) in [6.07, 6.45) is 4.34. The van der Waals surface area contributed by atoms with Gasteiger partial charge in [0.25, 0.3) is 0 Å². The Hall–Kier alpha value is -2.21. The molecule has 1 fully saturated rings. The molecule has 2 heterocycles. The molecule has 2 aliphatic rings. The monoisotopic (exact) mass is 274 g/mol. The normalized spacial score (nSPS) is 16.4. The Morgan fingerprint density at radius 2 is 2.15 bits per heavy atom. The molecule has 0 spiro atoms. The number of fused-ring (bicyclic) bond motifs is 1. The zero-order valence-electron chi connectivity index (χ0n) is 10.8. The van der Waals surface area contributed by atoms with Crippen LogP contribution in [0.2, 0.25) is 0 Å². The second-order valence-electron chi connectivity index (χ2n) is 4.88. The molecule has 0 unspecified atom stereocenters. The van der Waals surface area contributed by atoms with Gasteiger partial charge < -0.3 is 23.9 Å². The molecule has 6 nitrogen and oxygen atoms in total. The Labute approximate surface area is 115 Å². The van der Waals surface area contributed by atoms with Crippen molar-refractivity contribution < 1.29 is 18.6 Å². The van der Waals surface area contributed by atoms with Gasteiger partial charge in [0, 0.05) is 18.7 Å². The number of oxazole rings is 1. The molecule has 6 heteroatoms. The lowest BCUT2D eigenvalue weighted by molar-refractivity contribution is 0.174. The number of hydrogen-bond acceptors (Lipinski definition) is 6. The Morgan fingerprint density at radius 3 is 3.05 bits per heavy atom. The standard InChI is InChI=1S/C14H14N2O4/c1-2-9(1)15-6-10-7-17-14(16-10)20-11-3-4-12-13(5-11)19-8-18-12/h3-5,7,9,15H,1-2,6,8H2. The molecule has 1 aliphatic carbocycles. The first-order valence-electron chi connectivity index (χ1n) is 6.62. The lowest BCUT2D eigenvalue weighted by Crippen LogP contribution is -2.15. The van der Waals surface area contributed by atoms with Crippen LogP contribution in [0.1, 0.15) is 18.5 Å². The van der Waals surface area contributed by atoms with E-state index >= 15 is 0 Å². The van der Waals surface area contributed by atoms with Crippen LogP contribution in [-0.4, -0.2) is 17.8 Å². The highest BCUT2D eigenvalue weighted by Crippen LogP contribution is 2.36. The molecule has 1 aliphatic heterocycles. The zero-order valence-corrected chi connectivity index (χ0v) is 10.8. The lowest BCUT2D eigenvalue weighted by atomic mass is 10.3. The molecule has 0 bridgehead atoms. The molecule has 0 atom stereocenters. The number of benzene rings is 1. The van der Waals surface area contributed by atoms with E-state index in [4.69, 9.17) is 18.6 Å². The van der Waals surface area contributed by atoms with Crippen LogP contribution < -0.4 is 19.5 Å². The zero-order chi connectivity index (χ0) is 13.4. The Bertz CT molecular complexity index is 621. The van der Waals surface area contributed by atoms with E-state index in [2.05, 4.69) is 10.3 Å². The summed E-state index contributed by atoms with van der Waals surface area (Å²) >= 11 is 0. The average Bonchev–Trinajstić information content (AvgIpc) is 2.99. The summed E-state index contributed by atoms with van der Waals surface area (Å²) in [7, 11) is 0. The van der Waals surface area contributed by atoms with Gasteiger partial charge in [-0.25, -0.2) is 0 Å². The molecule has 0 amide bonds. The van der Waals surface area contributed by atoms with Crippen molar-refractivity contribution in [3.05, 3.63) is 30.2 Å². The summed E-state index contributed by atoms with van der Waals surface area (Å²) in [6.45, 7) is 0.952. The molecule has 0 saturated heterocycles. The van der Waals surface area contributed by atoms with E-state index in [1.165, 1.54) is 12.8 Å². The fraction of sp³-hybridized carbons (Fsp3) is 0.357. The smallest absolute Gasteiger partial charge is 0.399 e. The molecule has 1 aromatic carbocycles. The van der Waals surface area contributed by atoms with E-state index in [1.54, 1.807) is 24.5 Å². The van der Waals surface area contributed by atoms with Gasteiger partial charge in [-0.05, 0) is 25.0 Å². The molecule has 1 aromatic heterocycles. The number of hydrogen-bond donors (Lipinski definition) is 1. The largest absolute Gasteiger partial charge is 0.454 e. The van der Waals surface area contributed by atoms with E-state index < -0.39 is 0 Å². The minimum absolute atomic E-state index is 0.233. The minimum Gasteiger partial charge on any atom is -0.454 e. The van der Waals surface area contributed by atoms with Gasteiger partial charge in [-0.3, -0.25) is 0 Å². The van der Waals surface area contributed by atoms with E-state index in [0.717, 1.165) is 11.4 Å². The van der Waals surface area contributed by atoms with Crippen molar-refractivity contribution in [3.8, 4) is 23.3 Å². The molecule has 2 aromatic rings. The molecular formula is C14H14N2O4.